The normalized spacial score (nSPS) is 11.5. The van der Waals surface area contributed by atoms with Gasteiger partial charge in [-0.2, -0.15) is 8.42 Å². The van der Waals surface area contributed by atoms with E-state index in [1.807, 2.05) is 37.4 Å². The van der Waals surface area contributed by atoms with Crippen molar-refractivity contribution in [2.24, 2.45) is 0 Å². The third-order valence-electron chi connectivity index (χ3n) is 2.85. The van der Waals surface area contributed by atoms with E-state index < -0.39 is 10.1 Å². The van der Waals surface area contributed by atoms with Crippen LogP contribution in [0.5, 0.6) is 0 Å². The predicted octanol–water partition coefficient (Wildman–Crippen LogP) is 3.62. The highest BCUT2D eigenvalue weighted by atomic mass is 32.2. The fraction of sp³-hybridized carbons (Fsp3) is 0.200. The summed E-state index contributed by atoms with van der Waals surface area (Å²) in [5.74, 6) is 0. The second-order valence-electron chi connectivity index (χ2n) is 4.38. The second kappa shape index (κ2) is 6.43. The molecule has 0 amide bonds. The van der Waals surface area contributed by atoms with Gasteiger partial charge in [-0.1, -0.05) is 29.8 Å². The molecule has 0 atom stereocenters. The van der Waals surface area contributed by atoms with Gasteiger partial charge in [-0.05, 0) is 43.0 Å². The summed E-state index contributed by atoms with van der Waals surface area (Å²) in [6.45, 7) is 1.95. The van der Waals surface area contributed by atoms with Gasteiger partial charge in [-0.25, -0.2) is 0 Å². The first-order valence-electron chi connectivity index (χ1n) is 6.10. The number of rotatable bonds is 5. The van der Waals surface area contributed by atoms with Crippen molar-refractivity contribution in [2.75, 3.05) is 6.26 Å². The topological polar surface area (TPSA) is 43.4 Å². The molecule has 0 saturated carbocycles. The molecule has 0 fully saturated rings. The summed E-state index contributed by atoms with van der Waals surface area (Å²) in [7, 11) is -3.70. The van der Waals surface area contributed by atoms with E-state index in [4.69, 9.17) is 4.18 Å². The maximum absolute atomic E-state index is 12.0. The molecule has 0 aliphatic heterocycles. The molecule has 2 rings (SSSR count). The van der Waals surface area contributed by atoms with Gasteiger partial charge in [0.2, 0.25) is 0 Å². The molecule has 106 valence electrons. The lowest BCUT2D eigenvalue weighted by Crippen LogP contribution is -2.06. The molecule has 3 nitrogen and oxygen atoms in total. The first-order valence-corrected chi connectivity index (χ1v) is 8.73. The van der Waals surface area contributed by atoms with Crippen LogP contribution in [-0.4, -0.2) is 14.7 Å². The Morgan fingerprint density at radius 3 is 2.15 bits per heavy atom. The minimum absolute atomic E-state index is 0.0465. The maximum atomic E-state index is 12.0. The van der Waals surface area contributed by atoms with Crippen LogP contribution in [0.1, 0.15) is 11.1 Å². The van der Waals surface area contributed by atoms with Gasteiger partial charge in [0.15, 0.2) is 0 Å². The average molecular weight is 308 g/mol. The summed E-state index contributed by atoms with van der Waals surface area (Å²) in [5.41, 5.74) is 1.84. The zero-order valence-electron chi connectivity index (χ0n) is 11.4. The van der Waals surface area contributed by atoms with Crippen LogP contribution >= 0.6 is 11.8 Å². The zero-order valence-corrected chi connectivity index (χ0v) is 13.0. The quantitative estimate of drug-likeness (QED) is 0.625. The van der Waals surface area contributed by atoms with E-state index in [1.165, 1.54) is 0 Å². The van der Waals surface area contributed by atoms with E-state index in [-0.39, 0.29) is 11.5 Å². The lowest BCUT2D eigenvalue weighted by molar-refractivity contribution is 0.308. The molecular formula is C15H16O3S2. The van der Waals surface area contributed by atoms with E-state index in [9.17, 15) is 8.42 Å². The Balaban J connectivity index is 2.06. The Kier molecular flexibility index (Phi) is 4.86. The van der Waals surface area contributed by atoms with Gasteiger partial charge in [0.05, 0.1) is 11.5 Å². The number of hydrogen-bond acceptors (Lipinski definition) is 4. The lowest BCUT2D eigenvalue weighted by Gasteiger charge is -2.06. The number of thioether (sulfide) groups is 1. The van der Waals surface area contributed by atoms with E-state index in [0.29, 0.717) is 0 Å². The number of aryl methyl sites for hydroxylation is 1. The molecule has 2 aromatic carbocycles. The van der Waals surface area contributed by atoms with Crippen LogP contribution in [0, 0.1) is 6.92 Å². The fourth-order valence-electron chi connectivity index (χ4n) is 1.64. The Morgan fingerprint density at radius 2 is 1.60 bits per heavy atom. The van der Waals surface area contributed by atoms with Crippen LogP contribution < -0.4 is 0 Å². The largest absolute Gasteiger partial charge is 0.297 e. The predicted molar refractivity (Wildman–Crippen MR) is 81.4 cm³/mol. The summed E-state index contributed by atoms with van der Waals surface area (Å²) >= 11 is 1.64. The van der Waals surface area contributed by atoms with Gasteiger partial charge >= 0.3 is 0 Å². The molecule has 5 heteroatoms. The Hall–Kier alpha value is -1.30. The van der Waals surface area contributed by atoms with Gasteiger partial charge in [0, 0.05) is 4.90 Å². The van der Waals surface area contributed by atoms with Gasteiger partial charge in [0.25, 0.3) is 10.1 Å². The minimum atomic E-state index is -3.70. The van der Waals surface area contributed by atoms with Crippen molar-refractivity contribution in [1.82, 2.24) is 0 Å². The fourth-order valence-corrected chi connectivity index (χ4v) is 2.95. The SMILES string of the molecule is CSc1ccc(COS(=O)(=O)c2ccc(C)cc2)cc1. The van der Waals surface area contributed by atoms with Crippen LogP contribution in [0.15, 0.2) is 58.3 Å². The number of benzene rings is 2. The van der Waals surface area contributed by atoms with Crippen molar-refractivity contribution in [3.63, 3.8) is 0 Å². The second-order valence-corrected chi connectivity index (χ2v) is 6.87. The lowest BCUT2D eigenvalue weighted by atomic mass is 10.2. The standard InChI is InChI=1S/C15H16O3S2/c1-12-3-9-15(10-4-12)20(16,17)18-11-13-5-7-14(19-2)8-6-13/h3-10H,11H2,1-2H3. The zero-order chi connectivity index (χ0) is 14.6. The third-order valence-corrected chi connectivity index (χ3v) is 4.87. The molecule has 0 aliphatic carbocycles. The van der Waals surface area contributed by atoms with Crippen molar-refractivity contribution < 1.29 is 12.6 Å². The van der Waals surface area contributed by atoms with Crippen LogP contribution in [0.3, 0.4) is 0 Å². The minimum Gasteiger partial charge on any atom is -0.262 e. The third kappa shape index (κ3) is 3.85. The van der Waals surface area contributed by atoms with Crippen molar-refractivity contribution >= 4 is 21.9 Å². The maximum Gasteiger partial charge on any atom is 0.297 e. The van der Waals surface area contributed by atoms with E-state index in [2.05, 4.69) is 0 Å². The first-order chi connectivity index (χ1) is 9.51. The summed E-state index contributed by atoms with van der Waals surface area (Å²) in [5, 5.41) is 0. The average Bonchev–Trinajstić information content (AvgIpc) is 2.46. The van der Waals surface area contributed by atoms with Crippen molar-refractivity contribution in [1.29, 1.82) is 0 Å². The molecule has 20 heavy (non-hydrogen) atoms. The highest BCUT2D eigenvalue weighted by molar-refractivity contribution is 7.98. The van der Waals surface area contributed by atoms with Crippen molar-refractivity contribution in [3.8, 4) is 0 Å². The Morgan fingerprint density at radius 1 is 1.00 bits per heavy atom. The highest BCUT2D eigenvalue weighted by Crippen LogP contribution is 2.18. The molecule has 0 saturated heterocycles. The van der Waals surface area contributed by atoms with Crippen LogP contribution in [0.2, 0.25) is 0 Å². The first kappa shape index (κ1) is 15.1. The van der Waals surface area contributed by atoms with Gasteiger partial charge in [-0.3, -0.25) is 4.18 Å². The molecule has 2 aromatic rings. The summed E-state index contributed by atoms with van der Waals surface area (Å²) < 4.78 is 29.1. The molecule has 0 radical (unpaired) electrons. The molecule has 0 heterocycles. The molecule has 0 spiro atoms. The van der Waals surface area contributed by atoms with Crippen molar-refractivity contribution in [3.05, 3.63) is 59.7 Å². The van der Waals surface area contributed by atoms with E-state index >= 15 is 0 Å². The summed E-state index contributed by atoms with van der Waals surface area (Å²) in [4.78, 5) is 1.32. The Bertz CT molecular complexity index is 659. The number of hydrogen-bond donors (Lipinski definition) is 0. The van der Waals surface area contributed by atoms with E-state index in [1.54, 1.807) is 36.0 Å². The Labute approximate surface area is 124 Å². The summed E-state index contributed by atoms with van der Waals surface area (Å²) in [6, 6.07) is 14.3. The van der Waals surface area contributed by atoms with Gasteiger partial charge in [-0.15, -0.1) is 11.8 Å². The molecule has 0 unspecified atom stereocenters. The smallest absolute Gasteiger partial charge is 0.262 e. The van der Waals surface area contributed by atoms with Gasteiger partial charge < -0.3 is 0 Å². The van der Waals surface area contributed by atoms with E-state index in [0.717, 1.165) is 16.0 Å². The summed E-state index contributed by atoms with van der Waals surface area (Å²) in [6.07, 6.45) is 1.99. The molecule has 0 aromatic heterocycles. The molecule has 0 aliphatic rings. The highest BCUT2D eigenvalue weighted by Gasteiger charge is 2.14. The van der Waals surface area contributed by atoms with Crippen LogP contribution in [0.4, 0.5) is 0 Å². The van der Waals surface area contributed by atoms with Crippen molar-refractivity contribution in [2.45, 2.75) is 23.3 Å². The monoisotopic (exact) mass is 308 g/mol. The molecular weight excluding hydrogens is 292 g/mol. The molecule has 0 N–H and O–H groups in total. The van der Waals surface area contributed by atoms with Crippen LogP contribution in [-0.2, 0) is 20.9 Å². The van der Waals surface area contributed by atoms with Gasteiger partial charge in [0.1, 0.15) is 0 Å². The van der Waals surface area contributed by atoms with Crippen LogP contribution in [0.25, 0.3) is 0 Å². The molecule has 0 bridgehead atoms.